The highest BCUT2D eigenvalue weighted by molar-refractivity contribution is 7.89. The molecule has 0 saturated carbocycles. The SMILES string of the molecule is COc1ccc(S(=O)(=O)NCC[C@H](C)N2CCCC2)cc1NC(C)=O. The largest absolute Gasteiger partial charge is 0.495 e. The van der Waals surface area contributed by atoms with Gasteiger partial charge in [0.1, 0.15) is 5.75 Å². The quantitative estimate of drug-likeness (QED) is 0.730. The molecule has 1 amide bonds. The van der Waals surface area contributed by atoms with Gasteiger partial charge in [-0.3, -0.25) is 4.79 Å². The van der Waals surface area contributed by atoms with Crippen LogP contribution >= 0.6 is 0 Å². The summed E-state index contributed by atoms with van der Waals surface area (Å²) in [6.07, 6.45) is 3.19. The number of benzene rings is 1. The van der Waals surface area contributed by atoms with Crippen LogP contribution in [-0.2, 0) is 14.8 Å². The summed E-state index contributed by atoms with van der Waals surface area (Å²) in [5.74, 6) is 0.122. The first-order valence-electron chi connectivity index (χ1n) is 8.53. The number of hydrogen-bond donors (Lipinski definition) is 2. The molecule has 1 aliphatic rings. The second-order valence-corrected chi connectivity index (χ2v) is 8.09. The summed E-state index contributed by atoms with van der Waals surface area (Å²) >= 11 is 0. The fourth-order valence-corrected chi connectivity index (χ4v) is 4.07. The average molecular weight is 369 g/mol. The van der Waals surface area contributed by atoms with Crippen molar-refractivity contribution in [2.75, 3.05) is 32.1 Å². The summed E-state index contributed by atoms with van der Waals surface area (Å²) in [7, 11) is -2.17. The number of carbonyl (C=O) groups is 1. The summed E-state index contributed by atoms with van der Waals surface area (Å²) in [6.45, 7) is 6.04. The van der Waals surface area contributed by atoms with E-state index in [4.69, 9.17) is 4.74 Å². The molecule has 2 rings (SSSR count). The minimum absolute atomic E-state index is 0.103. The van der Waals surface area contributed by atoms with E-state index in [1.807, 2.05) is 0 Å². The van der Waals surface area contributed by atoms with Crippen molar-refractivity contribution in [3.05, 3.63) is 18.2 Å². The van der Waals surface area contributed by atoms with Crippen LogP contribution in [0.3, 0.4) is 0 Å². The zero-order valence-corrected chi connectivity index (χ0v) is 15.9. The molecule has 0 aliphatic carbocycles. The Balaban J connectivity index is 2.01. The number of sulfonamides is 1. The molecule has 0 radical (unpaired) electrons. The van der Waals surface area contributed by atoms with Crippen molar-refractivity contribution in [2.24, 2.45) is 0 Å². The van der Waals surface area contributed by atoms with Gasteiger partial charge in [-0.2, -0.15) is 0 Å². The normalized spacial score (nSPS) is 16.6. The number of amides is 1. The Morgan fingerprint density at radius 2 is 2.00 bits per heavy atom. The van der Waals surface area contributed by atoms with E-state index in [0.29, 0.717) is 24.0 Å². The molecule has 0 spiro atoms. The molecule has 140 valence electrons. The highest BCUT2D eigenvalue weighted by atomic mass is 32.2. The molecule has 8 heteroatoms. The van der Waals surface area contributed by atoms with Gasteiger partial charge in [0.25, 0.3) is 0 Å². The predicted octanol–water partition coefficient (Wildman–Crippen LogP) is 1.81. The smallest absolute Gasteiger partial charge is 0.240 e. The Labute approximate surface area is 149 Å². The summed E-state index contributed by atoms with van der Waals surface area (Å²) in [5.41, 5.74) is 0.336. The van der Waals surface area contributed by atoms with Crippen LogP contribution in [0.2, 0.25) is 0 Å². The molecule has 1 atom stereocenters. The van der Waals surface area contributed by atoms with Crippen molar-refractivity contribution in [3.8, 4) is 5.75 Å². The number of nitrogens with zero attached hydrogens (tertiary/aromatic N) is 1. The standard InChI is InChI=1S/C17H27N3O4S/c1-13(20-10-4-5-11-20)8-9-18-25(22,23)15-6-7-17(24-3)16(12-15)19-14(2)21/h6-7,12-13,18H,4-5,8-11H2,1-3H3,(H,19,21)/t13-/m0/s1. The Bertz CT molecular complexity index is 700. The third-order valence-electron chi connectivity index (χ3n) is 4.41. The number of anilines is 1. The van der Waals surface area contributed by atoms with E-state index in [1.165, 1.54) is 45.1 Å². The third-order valence-corrected chi connectivity index (χ3v) is 5.87. The minimum atomic E-state index is -3.64. The van der Waals surface area contributed by atoms with E-state index < -0.39 is 10.0 Å². The lowest BCUT2D eigenvalue weighted by Gasteiger charge is -2.23. The lowest BCUT2D eigenvalue weighted by Crippen LogP contribution is -2.34. The second kappa shape index (κ2) is 8.64. The van der Waals surface area contributed by atoms with Crippen LogP contribution in [0.5, 0.6) is 5.75 Å². The van der Waals surface area contributed by atoms with Gasteiger partial charge in [0.05, 0.1) is 17.7 Å². The van der Waals surface area contributed by atoms with E-state index in [1.54, 1.807) is 0 Å². The molecule has 7 nitrogen and oxygen atoms in total. The van der Waals surface area contributed by atoms with E-state index in [2.05, 4.69) is 21.9 Å². The molecule has 1 aromatic rings. The van der Waals surface area contributed by atoms with Crippen molar-refractivity contribution in [1.29, 1.82) is 0 Å². The van der Waals surface area contributed by atoms with Crippen molar-refractivity contribution < 1.29 is 17.9 Å². The first kappa shape index (κ1) is 19.7. The van der Waals surface area contributed by atoms with E-state index in [9.17, 15) is 13.2 Å². The molecule has 1 fully saturated rings. The molecule has 1 saturated heterocycles. The van der Waals surface area contributed by atoms with Gasteiger partial charge in [0.15, 0.2) is 0 Å². The monoisotopic (exact) mass is 369 g/mol. The zero-order valence-electron chi connectivity index (χ0n) is 15.0. The van der Waals surface area contributed by atoms with Gasteiger partial charge in [-0.1, -0.05) is 0 Å². The zero-order chi connectivity index (χ0) is 18.4. The molecule has 1 heterocycles. The number of ether oxygens (including phenoxy) is 1. The molecule has 0 unspecified atom stereocenters. The maximum atomic E-state index is 12.5. The van der Waals surface area contributed by atoms with E-state index in [-0.39, 0.29) is 10.8 Å². The molecular formula is C17H27N3O4S. The fourth-order valence-electron chi connectivity index (χ4n) is 2.99. The fraction of sp³-hybridized carbons (Fsp3) is 0.588. The van der Waals surface area contributed by atoms with Gasteiger partial charge in [-0.05, 0) is 57.5 Å². The molecule has 0 bridgehead atoms. The van der Waals surface area contributed by atoms with Gasteiger partial charge in [0.2, 0.25) is 15.9 Å². The first-order valence-corrected chi connectivity index (χ1v) is 10.0. The Hall–Kier alpha value is -1.64. The summed E-state index contributed by atoms with van der Waals surface area (Å²) in [6, 6.07) is 4.77. The summed E-state index contributed by atoms with van der Waals surface area (Å²) in [4.78, 5) is 13.8. The number of nitrogens with one attached hydrogen (secondary N) is 2. The van der Waals surface area contributed by atoms with Crippen molar-refractivity contribution >= 4 is 21.6 Å². The van der Waals surface area contributed by atoms with E-state index >= 15 is 0 Å². The van der Waals surface area contributed by atoms with Crippen molar-refractivity contribution in [2.45, 2.75) is 44.0 Å². The van der Waals surface area contributed by atoms with Gasteiger partial charge in [-0.15, -0.1) is 0 Å². The first-order chi connectivity index (χ1) is 11.8. The van der Waals surface area contributed by atoms with Gasteiger partial charge < -0.3 is 15.0 Å². The minimum Gasteiger partial charge on any atom is -0.495 e. The molecule has 2 N–H and O–H groups in total. The van der Waals surface area contributed by atoms with Crippen LogP contribution in [0.4, 0.5) is 5.69 Å². The van der Waals surface area contributed by atoms with Gasteiger partial charge in [0, 0.05) is 19.5 Å². The van der Waals surface area contributed by atoms with Crippen LogP contribution in [0.25, 0.3) is 0 Å². The van der Waals surface area contributed by atoms with Crippen LogP contribution in [0, 0.1) is 0 Å². The number of rotatable bonds is 8. The van der Waals surface area contributed by atoms with Crippen LogP contribution in [-0.4, -0.2) is 52.0 Å². The van der Waals surface area contributed by atoms with Crippen molar-refractivity contribution in [1.82, 2.24) is 9.62 Å². The molecule has 25 heavy (non-hydrogen) atoms. The number of likely N-dealkylation sites (tertiary alicyclic amines) is 1. The number of methoxy groups -OCH3 is 1. The molecule has 1 aromatic carbocycles. The Morgan fingerprint density at radius 1 is 1.32 bits per heavy atom. The number of carbonyl (C=O) groups excluding carboxylic acids is 1. The Morgan fingerprint density at radius 3 is 2.60 bits per heavy atom. The maximum Gasteiger partial charge on any atom is 0.240 e. The van der Waals surface area contributed by atoms with E-state index in [0.717, 1.165) is 19.5 Å². The van der Waals surface area contributed by atoms with Gasteiger partial charge in [-0.25, -0.2) is 13.1 Å². The molecular weight excluding hydrogens is 342 g/mol. The predicted molar refractivity (Wildman–Crippen MR) is 97.4 cm³/mol. The third kappa shape index (κ3) is 5.42. The highest BCUT2D eigenvalue weighted by Crippen LogP contribution is 2.27. The molecule has 0 aromatic heterocycles. The summed E-state index contributed by atoms with van der Waals surface area (Å²) < 4.78 is 32.8. The molecule has 1 aliphatic heterocycles. The summed E-state index contributed by atoms with van der Waals surface area (Å²) in [5, 5.41) is 2.59. The maximum absolute atomic E-state index is 12.5. The second-order valence-electron chi connectivity index (χ2n) is 6.32. The lowest BCUT2D eigenvalue weighted by atomic mass is 10.2. The lowest BCUT2D eigenvalue weighted by molar-refractivity contribution is -0.114. The highest BCUT2D eigenvalue weighted by Gasteiger charge is 2.20. The van der Waals surface area contributed by atoms with Gasteiger partial charge >= 0.3 is 0 Å². The Kier molecular flexibility index (Phi) is 6.80. The average Bonchev–Trinajstić information content (AvgIpc) is 3.08. The van der Waals surface area contributed by atoms with Crippen LogP contribution in [0.15, 0.2) is 23.1 Å². The van der Waals surface area contributed by atoms with Crippen LogP contribution < -0.4 is 14.8 Å². The number of hydrogen-bond acceptors (Lipinski definition) is 5. The van der Waals surface area contributed by atoms with Crippen molar-refractivity contribution in [3.63, 3.8) is 0 Å². The van der Waals surface area contributed by atoms with Crippen LogP contribution in [0.1, 0.15) is 33.1 Å². The topological polar surface area (TPSA) is 87.7 Å².